The Morgan fingerprint density at radius 1 is 1.15 bits per heavy atom. The van der Waals surface area contributed by atoms with E-state index in [1.54, 1.807) is 28.1 Å². The third-order valence-corrected chi connectivity index (χ3v) is 4.58. The summed E-state index contributed by atoms with van der Waals surface area (Å²) in [5.41, 5.74) is 0.398. The maximum absolute atomic E-state index is 12.8. The van der Waals surface area contributed by atoms with Crippen molar-refractivity contribution in [2.24, 2.45) is 0 Å². The Kier molecular flexibility index (Phi) is 5.67. The maximum atomic E-state index is 12.8. The Hall–Kier alpha value is -2.68. The highest BCUT2D eigenvalue weighted by molar-refractivity contribution is 5.97. The molecule has 0 bridgehead atoms. The van der Waals surface area contributed by atoms with Crippen molar-refractivity contribution in [3.63, 3.8) is 0 Å². The molecule has 0 N–H and O–H groups in total. The molecule has 1 atom stereocenters. The lowest BCUT2D eigenvalue weighted by atomic mass is 10.1. The van der Waals surface area contributed by atoms with Crippen molar-refractivity contribution in [1.82, 2.24) is 19.7 Å². The van der Waals surface area contributed by atoms with E-state index in [0.29, 0.717) is 38.4 Å². The van der Waals surface area contributed by atoms with E-state index < -0.39 is 12.0 Å². The van der Waals surface area contributed by atoms with Gasteiger partial charge in [-0.15, -0.1) is 0 Å². The van der Waals surface area contributed by atoms with Crippen molar-refractivity contribution < 1.29 is 23.9 Å². The molecule has 2 aliphatic rings. The Balaban J connectivity index is 1.74. The smallest absolute Gasteiger partial charge is 0.330 e. The fourth-order valence-electron chi connectivity index (χ4n) is 3.15. The number of hydrogen-bond donors (Lipinski definition) is 0. The lowest BCUT2D eigenvalue weighted by Gasteiger charge is -2.42. The summed E-state index contributed by atoms with van der Waals surface area (Å²) in [6.45, 7) is 2.78. The van der Waals surface area contributed by atoms with Crippen LogP contribution in [0.5, 0.6) is 0 Å². The number of rotatable bonds is 2. The largest absolute Gasteiger partial charge is 0.467 e. The van der Waals surface area contributed by atoms with Crippen molar-refractivity contribution >= 4 is 17.9 Å². The predicted octanol–water partition coefficient (Wildman–Crippen LogP) is -0.167. The highest BCUT2D eigenvalue weighted by Gasteiger charge is 2.39. The Morgan fingerprint density at radius 3 is 2.58 bits per heavy atom. The number of methoxy groups -OCH3 is 1. The number of morpholine rings is 1. The number of esters is 1. The van der Waals surface area contributed by atoms with Crippen LogP contribution in [0.2, 0.25) is 0 Å². The van der Waals surface area contributed by atoms with Crippen LogP contribution in [0.15, 0.2) is 24.5 Å². The van der Waals surface area contributed by atoms with Gasteiger partial charge in [-0.3, -0.25) is 9.78 Å². The zero-order valence-electron chi connectivity index (χ0n) is 14.7. The summed E-state index contributed by atoms with van der Waals surface area (Å²) in [6, 6.07) is 2.33. The number of carbonyl (C=O) groups excluding carboxylic acids is 3. The summed E-state index contributed by atoms with van der Waals surface area (Å²) in [6.07, 6.45) is 3.04. The monoisotopic (exact) mass is 362 g/mol. The van der Waals surface area contributed by atoms with Gasteiger partial charge in [-0.05, 0) is 12.1 Å². The zero-order valence-corrected chi connectivity index (χ0v) is 14.7. The molecule has 9 nitrogen and oxygen atoms in total. The van der Waals surface area contributed by atoms with Crippen molar-refractivity contribution in [1.29, 1.82) is 0 Å². The first-order valence-electron chi connectivity index (χ1n) is 8.52. The molecule has 3 heterocycles. The highest BCUT2D eigenvalue weighted by atomic mass is 16.5. The minimum Gasteiger partial charge on any atom is -0.467 e. The van der Waals surface area contributed by atoms with E-state index in [9.17, 15) is 14.4 Å². The zero-order chi connectivity index (χ0) is 18.5. The molecule has 0 radical (unpaired) electrons. The topological polar surface area (TPSA) is 92.3 Å². The summed E-state index contributed by atoms with van der Waals surface area (Å²) in [5, 5.41) is 0. The van der Waals surface area contributed by atoms with Crippen LogP contribution in [0.4, 0.5) is 4.79 Å². The van der Waals surface area contributed by atoms with Gasteiger partial charge in [0.15, 0.2) is 0 Å². The fourth-order valence-corrected chi connectivity index (χ4v) is 3.15. The molecule has 0 spiro atoms. The second-order valence-corrected chi connectivity index (χ2v) is 6.11. The molecule has 0 aromatic carbocycles. The molecule has 0 aliphatic carbocycles. The summed E-state index contributed by atoms with van der Waals surface area (Å²) in [5.74, 6) is -0.839. The van der Waals surface area contributed by atoms with Gasteiger partial charge in [-0.1, -0.05) is 0 Å². The van der Waals surface area contributed by atoms with Crippen LogP contribution in [-0.2, 0) is 14.3 Å². The molecule has 1 unspecified atom stereocenters. The Bertz CT molecular complexity index is 662. The van der Waals surface area contributed by atoms with Gasteiger partial charge in [0, 0.05) is 38.6 Å². The van der Waals surface area contributed by atoms with Crippen LogP contribution in [0.1, 0.15) is 10.4 Å². The van der Waals surface area contributed by atoms with E-state index in [1.807, 2.05) is 0 Å². The molecule has 2 fully saturated rings. The molecule has 140 valence electrons. The molecule has 26 heavy (non-hydrogen) atoms. The first kappa shape index (κ1) is 18.1. The number of nitrogens with zero attached hydrogens (tertiary/aromatic N) is 4. The second kappa shape index (κ2) is 8.13. The lowest BCUT2D eigenvalue weighted by molar-refractivity contribution is -0.147. The second-order valence-electron chi connectivity index (χ2n) is 6.11. The Morgan fingerprint density at radius 2 is 1.92 bits per heavy atom. The van der Waals surface area contributed by atoms with Crippen LogP contribution in [-0.4, -0.2) is 96.7 Å². The van der Waals surface area contributed by atoms with Crippen molar-refractivity contribution in [2.75, 3.05) is 53.0 Å². The Labute approximate surface area is 151 Å². The summed E-state index contributed by atoms with van der Waals surface area (Å²) >= 11 is 0. The first-order chi connectivity index (χ1) is 12.6. The van der Waals surface area contributed by atoms with Gasteiger partial charge in [0.25, 0.3) is 5.91 Å². The minimum absolute atomic E-state index is 0.106. The van der Waals surface area contributed by atoms with Crippen LogP contribution < -0.4 is 0 Å². The van der Waals surface area contributed by atoms with Gasteiger partial charge < -0.3 is 24.2 Å². The van der Waals surface area contributed by atoms with E-state index in [1.165, 1.54) is 18.2 Å². The average molecular weight is 362 g/mol. The third-order valence-electron chi connectivity index (χ3n) is 4.58. The van der Waals surface area contributed by atoms with Gasteiger partial charge in [0.2, 0.25) is 0 Å². The summed E-state index contributed by atoms with van der Waals surface area (Å²) in [4.78, 5) is 46.4. The minimum atomic E-state index is -0.841. The molecule has 1 aromatic heterocycles. The molecule has 9 heteroatoms. The van der Waals surface area contributed by atoms with E-state index in [2.05, 4.69) is 4.98 Å². The number of urea groups is 1. The van der Waals surface area contributed by atoms with Gasteiger partial charge in [0.1, 0.15) is 6.04 Å². The molecule has 0 saturated carbocycles. The van der Waals surface area contributed by atoms with Gasteiger partial charge >= 0.3 is 12.0 Å². The quantitative estimate of drug-likeness (QED) is 0.679. The highest BCUT2D eigenvalue weighted by Crippen LogP contribution is 2.17. The number of ether oxygens (including phenoxy) is 2. The van der Waals surface area contributed by atoms with Crippen molar-refractivity contribution in [2.45, 2.75) is 6.04 Å². The number of hydrogen-bond acceptors (Lipinski definition) is 6. The van der Waals surface area contributed by atoms with Crippen LogP contribution >= 0.6 is 0 Å². The van der Waals surface area contributed by atoms with Gasteiger partial charge in [-0.2, -0.15) is 0 Å². The molecular formula is C17H22N4O5. The molecular weight excluding hydrogens is 340 g/mol. The van der Waals surface area contributed by atoms with Crippen molar-refractivity contribution in [3.8, 4) is 0 Å². The van der Waals surface area contributed by atoms with Crippen molar-refractivity contribution in [3.05, 3.63) is 30.1 Å². The SMILES string of the molecule is COC(=O)C1CN(C(=O)N2CCOCC2)CCN1C(=O)c1cccnc1. The van der Waals surface area contributed by atoms with Crippen LogP contribution in [0.25, 0.3) is 0 Å². The molecule has 3 rings (SSSR count). The van der Waals surface area contributed by atoms with Crippen LogP contribution in [0, 0.1) is 0 Å². The molecule has 2 aliphatic heterocycles. The standard InChI is InChI=1S/C17H22N4O5/c1-25-16(23)14-12-20(17(24)19-7-9-26-10-8-19)5-6-21(14)15(22)13-3-2-4-18-11-13/h2-4,11,14H,5-10,12H2,1H3. The number of piperazine rings is 1. The summed E-state index contributed by atoms with van der Waals surface area (Å²) in [7, 11) is 1.28. The van der Waals surface area contributed by atoms with E-state index >= 15 is 0 Å². The molecule has 2 saturated heterocycles. The number of aromatic nitrogens is 1. The number of pyridine rings is 1. The van der Waals surface area contributed by atoms with E-state index in [-0.39, 0.29) is 25.0 Å². The number of carbonyl (C=O) groups is 3. The van der Waals surface area contributed by atoms with E-state index in [0.717, 1.165) is 0 Å². The predicted molar refractivity (Wildman–Crippen MR) is 90.4 cm³/mol. The normalized spacial score (nSPS) is 20.7. The first-order valence-corrected chi connectivity index (χ1v) is 8.52. The van der Waals surface area contributed by atoms with Gasteiger partial charge in [0.05, 0.1) is 32.4 Å². The number of amides is 3. The third kappa shape index (κ3) is 3.77. The van der Waals surface area contributed by atoms with Crippen LogP contribution in [0.3, 0.4) is 0 Å². The lowest BCUT2D eigenvalue weighted by Crippen LogP contribution is -2.62. The molecule has 1 aromatic rings. The summed E-state index contributed by atoms with van der Waals surface area (Å²) < 4.78 is 10.1. The van der Waals surface area contributed by atoms with E-state index in [4.69, 9.17) is 9.47 Å². The fraction of sp³-hybridized carbons (Fsp3) is 0.529. The average Bonchev–Trinajstić information content (AvgIpc) is 2.73. The molecule has 3 amide bonds. The maximum Gasteiger partial charge on any atom is 0.330 e. The van der Waals surface area contributed by atoms with Gasteiger partial charge in [-0.25, -0.2) is 9.59 Å².